The van der Waals surface area contributed by atoms with Gasteiger partial charge in [0.1, 0.15) is 5.75 Å². The van der Waals surface area contributed by atoms with Gasteiger partial charge in [-0.2, -0.15) is 0 Å². The van der Waals surface area contributed by atoms with Crippen molar-refractivity contribution in [3.63, 3.8) is 0 Å². The van der Waals surface area contributed by atoms with Crippen molar-refractivity contribution in [1.82, 2.24) is 5.32 Å². The molecule has 0 saturated carbocycles. The molecule has 1 aromatic rings. The quantitative estimate of drug-likeness (QED) is 0.870. The van der Waals surface area contributed by atoms with Crippen molar-refractivity contribution in [1.29, 1.82) is 0 Å². The molecule has 0 amide bonds. The number of likely N-dealkylation sites (N-methyl/N-ethyl adjacent to an activating group) is 1. The summed E-state index contributed by atoms with van der Waals surface area (Å²) in [4.78, 5) is 0. The van der Waals surface area contributed by atoms with Crippen LogP contribution in [0.4, 0.5) is 0 Å². The van der Waals surface area contributed by atoms with E-state index in [-0.39, 0.29) is 12.1 Å². The van der Waals surface area contributed by atoms with Crippen molar-refractivity contribution in [2.75, 3.05) is 20.3 Å². The maximum Gasteiger partial charge on any atom is 0.119 e. The van der Waals surface area contributed by atoms with Gasteiger partial charge in [0.05, 0.1) is 18.8 Å². The molecule has 0 aromatic heterocycles. The predicted octanol–water partition coefficient (Wildman–Crippen LogP) is 2.77. The standard InChI is InChI=1S/C15H23NO2/c1-4-17-13-7-5-6-12(10-13)14(16-3)15-11(2)8-9-18-15/h5-7,10-11,14-16H,4,8-9H2,1-3H3. The highest BCUT2D eigenvalue weighted by Crippen LogP contribution is 2.32. The van der Waals surface area contributed by atoms with Crippen LogP contribution in [0.3, 0.4) is 0 Å². The molecular weight excluding hydrogens is 226 g/mol. The van der Waals surface area contributed by atoms with Gasteiger partial charge in [0.25, 0.3) is 0 Å². The summed E-state index contributed by atoms with van der Waals surface area (Å²) in [5, 5.41) is 3.38. The van der Waals surface area contributed by atoms with Crippen LogP contribution in [0.1, 0.15) is 31.9 Å². The molecule has 0 aliphatic carbocycles. The Hall–Kier alpha value is -1.06. The summed E-state index contributed by atoms with van der Waals surface area (Å²) >= 11 is 0. The Labute approximate surface area is 109 Å². The summed E-state index contributed by atoms with van der Waals surface area (Å²) in [6.07, 6.45) is 1.40. The maximum absolute atomic E-state index is 5.87. The molecule has 0 spiro atoms. The molecule has 1 aromatic carbocycles. The van der Waals surface area contributed by atoms with Gasteiger partial charge in [-0.15, -0.1) is 0 Å². The van der Waals surface area contributed by atoms with Gasteiger partial charge in [-0.25, -0.2) is 0 Å². The molecule has 1 heterocycles. The third-order valence-corrected chi connectivity index (χ3v) is 3.61. The molecule has 3 unspecified atom stereocenters. The molecule has 2 rings (SSSR count). The molecule has 0 radical (unpaired) electrons. The Morgan fingerprint density at radius 2 is 2.33 bits per heavy atom. The minimum absolute atomic E-state index is 0.239. The third-order valence-electron chi connectivity index (χ3n) is 3.61. The first-order valence-corrected chi connectivity index (χ1v) is 6.78. The van der Waals surface area contributed by atoms with Crippen LogP contribution in [0.2, 0.25) is 0 Å². The molecule has 100 valence electrons. The zero-order valence-corrected chi connectivity index (χ0v) is 11.5. The highest BCUT2D eigenvalue weighted by atomic mass is 16.5. The lowest BCUT2D eigenvalue weighted by Gasteiger charge is -2.26. The fourth-order valence-corrected chi connectivity index (χ4v) is 2.63. The van der Waals surface area contributed by atoms with Crippen molar-refractivity contribution in [3.8, 4) is 5.75 Å². The van der Waals surface area contributed by atoms with Gasteiger partial charge in [0.2, 0.25) is 0 Å². The Kier molecular flexibility index (Phi) is 4.61. The van der Waals surface area contributed by atoms with Crippen LogP contribution >= 0.6 is 0 Å². The van der Waals surface area contributed by atoms with E-state index in [2.05, 4.69) is 24.4 Å². The largest absolute Gasteiger partial charge is 0.494 e. The molecule has 3 heteroatoms. The Morgan fingerprint density at radius 1 is 1.50 bits per heavy atom. The highest BCUT2D eigenvalue weighted by Gasteiger charge is 2.32. The van der Waals surface area contributed by atoms with E-state index in [1.807, 2.05) is 26.1 Å². The second-order valence-electron chi connectivity index (χ2n) is 4.87. The normalized spacial score (nSPS) is 25.1. The second kappa shape index (κ2) is 6.21. The minimum Gasteiger partial charge on any atom is -0.494 e. The summed E-state index contributed by atoms with van der Waals surface area (Å²) in [7, 11) is 1.99. The fourth-order valence-electron chi connectivity index (χ4n) is 2.63. The third kappa shape index (κ3) is 2.85. The first kappa shape index (κ1) is 13.4. The van der Waals surface area contributed by atoms with Gasteiger partial charge < -0.3 is 14.8 Å². The monoisotopic (exact) mass is 249 g/mol. The van der Waals surface area contributed by atoms with Gasteiger partial charge in [-0.05, 0) is 44.0 Å². The SMILES string of the molecule is CCOc1cccc(C(NC)C2OCCC2C)c1. The molecule has 1 N–H and O–H groups in total. The topological polar surface area (TPSA) is 30.5 Å². The Bertz CT molecular complexity index is 381. The Morgan fingerprint density at radius 3 is 2.94 bits per heavy atom. The van der Waals surface area contributed by atoms with Crippen LogP contribution in [-0.2, 0) is 4.74 Å². The summed E-state index contributed by atoms with van der Waals surface area (Å²) in [5.41, 5.74) is 1.24. The number of hydrogen-bond acceptors (Lipinski definition) is 3. The summed E-state index contributed by atoms with van der Waals surface area (Å²) in [6.45, 7) is 5.83. The lowest BCUT2D eigenvalue weighted by Crippen LogP contribution is -2.32. The van der Waals surface area contributed by atoms with Crippen LogP contribution in [-0.4, -0.2) is 26.4 Å². The van der Waals surface area contributed by atoms with Gasteiger partial charge >= 0.3 is 0 Å². The minimum atomic E-state index is 0.239. The van der Waals surface area contributed by atoms with Crippen molar-refractivity contribution >= 4 is 0 Å². The fraction of sp³-hybridized carbons (Fsp3) is 0.600. The molecule has 18 heavy (non-hydrogen) atoms. The second-order valence-corrected chi connectivity index (χ2v) is 4.87. The van der Waals surface area contributed by atoms with Crippen LogP contribution < -0.4 is 10.1 Å². The first-order chi connectivity index (χ1) is 8.76. The summed E-state index contributed by atoms with van der Waals surface area (Å²) < 4.78 is 11.4. The molecule has 3 atom stereocenters. The molecular formula is C15H23NO2. The van der Waals surface area contributed by atoms with E-state index in [1.54, 1.807) is 0 Å². The molecule has 3 nitrogen and oxygen atoms in total. The van der Waals surface area contributed by atoms with Gasteiger partial charge in [-0.3, -0.25) is 0 Å². The maximum atomic E-state index is 5.87. The number of nitrogens with one attached hydrogen (secondary N) is 1. The van der Waals surface area contributed by atoms with E-state index >= 15 is 0 Å². The number of benzene rings is 1. The number of hydrogen-bond donors (Lipinski definition) is 1. The van der Waals surface area contributed by atoms with E-state index in [1.165, 1.54) is 5.56 Å². The van der Waals surface area contributed by atoms with E-state index < -0.39 is 0 Å². The number of ether oxygens (including phenoxy) is 2. The predicted molar refractivity (Wildman–Crippen MR) is 72.9 cm³/mol. The molecule has 1 fully saturated rings. The van der Waals surface area contributed by atoms with Crippen LogP contribution in [0.15, 0.2) is 24.3 Å². The van der Waals surface area contributed by atoms with Crippen molar-refractivity contribution in [3.05, 3.63) is 29.8 Å². The van der Waals surface area contributed by atoms with Gasteiger partial charge in [-0.1, -0.05) is 19.1 Å². The smallest absolute Gasteiger partial charge is 0.119 e. The lowest BCUT2D eigenvalue weighted by atomic mass is 9.92. The molecule has 0 bridgehead atoms. The zero-order chi connectivity index (χ0) is 13.0. The van der Waals surface area contributed by atoms with Crippen molar-refractivity contribution in [2.45, 2.75) is 32.4 Å². The summed E-state index contributed by atoms with van der Waals surface area (Å²) in [5.74, 6) is 1.53. The van der Waals surface area contributed by atoms with E-state index in [4.69, 9.17) is 9.47 Å². The van der Waals surface area contributed by atoms with Crippen molar-refractivity contribution < 1.29 is 9.47 Å². The van der Waals surface area contributed by atoms with Crippen LogP contribution in [0, 0.1) is 5.92 Å². The van der Waals surface area contributed by atoms with Crippen LogP contribution in [0.25, 0.3) is 0 Å². The van der Waals surface area contributed by atoms with E-state index in [9.17, 15) is 0 Å². The zero-order valence-electron chi connectivity index (χ0n) is 11.5. The Balaban J connectivity index is 2.18. The molecule has 1 saturated heterocycles. The van der Waals surface area contributed by atoms with Crippen LogP contribution in [0.5, 0.6) is 5.75 Å². The van der Waals surface area contributed by atoms with Gasteiger partial charge in [0, 0.05) is 6.61 Å². The van der Waals surface area contributed by atoms with Crippen molar-refractivity contribution in [2.24, 2.45) is 5.92 Å². The molecule has 1 aliphatic rings. The first-order valence-electron chi connectivity index (χ1n) is 6.78. The van der Waals surface area contributed by atoms with E-state index in [0.717, 1.165) is 18.8 Å². The average Bonchev–Trinajstić information content (AvgIpc) is 2.78. The highest BCUT2D eigenvalue weighted by molar-refractivity contribution is 5.31. The van der Waals surface area contributed by atoms with Gasteiger partial charge in [0.15, 0.2) is 0 Å². The lowest BCUT2D eigenvalue weighted by molar-refractivity contribution is 0.0630. The number of rotatable bonds is 5. The average molecular weight is 249 g/mol. The van der Waals surface area contributed by atoms with E-state index in [0.29, 0.717) is 12.5 Å². The molecule has 1 aliphatic heterocycles. The summed E-state index contributed by atoms with van der Waals surface area (Å²) in [6, 6.07) is 8.53.